The molecule has 0 aliphatic heterocycles. The van der Waals surface area contributed by atoms with Crippen LogP contribution in [0.15, 0.2) is 109 Å². The van der Waals surface area contributed by atoms with Crippen LogP contribution in [0.1, 0.15) is 63.8 Å². The van der Waals surface area contributed by atoms with E-state index in [9.17, 15) is 0 Å². The molecule has 0 saturated carbocycles. The summed E-state index contributed by atoms with van der Waals surface area (Å²) in [7, 11) is 0. The zero-order chi connectivity index (χ0) is 28.5. The highest BCUT2D eigenvalue weighted by molar-refractivity contribution is 6.00. The van der Waals surface area contributed by atoms with Gasteiger partial charge in [0.1, 0.15) is 0 Å². The topological polar surface area (TPSA) is 0 Å². The molecule has 0 saturated heterocycles. The van der Waals surface area contributed by atoms with Gasteiger partial charge in [0.05, 0.1) is 0 Å². The van der Waals surface area contributed by atoms with Gasteiger partial charge in [-0.15, -0.1) is 0 Å². The molecule has 7 rings (SSSR count). The fourth-order valence-electron chi connectivity index (χ4n) is 6.90. The Kier molecular flexibility index (Phi) is 5.77. The Labute approximate surface area is 244 Å². The van der Waals surface area contributed by atoms with Crippen molar-refractivity contribution in [2.24, 2.45) is 0 Å². The summed E-state index contributed by atoms with van der Waals surface area (Å²) >= 11 is 0. The lowest BCUT2D eigenvalue weighted by atomic mass is 9.77. The predicted octanol–water partition coefficient (Wildman–Crippen LogP) is 11.5. The molecular formula is C41H38. The van der Waals surface area contributed by atoms with Crippen molar-refractivity contribution in [1.82, 2.24) is 0 Å². The standard InChI is InChI=1S/C41H38/c1-40(2,3)38-24-34-28(22-36(38)32-19-11-15-26-13-7-9-17-30(26)32)21-29-23-37(39(25-35(29)34)41(4,5)6)33-20-12-16-27-14-8-10-18-31(27)33/h7-20,22-25H,21H2,1-6H3. The van der Waals surface area contributed by atoms with Gasteiger partial charge in [-0.25, -0.2) is 0 Å². The van der Waals surface area contributed by atoms with E-state index in [1.165, 1.54) is 77.2 Å². The molecule has 0 radical (unpaired) electrons. The van der Waals surface area contributed by atoms with E-state index in [-0.39, 0.29) is 10.8 Å². The van der Waals surface area contributed by atoms with Crippen molar-refractivity contribution < 1.29 is 0 Å². The summed E-state index contributed by atoms with van der Waals surface area (Å²) in [5, 5.41) is 5.24. The largest absolute Gasteiger partial charge is 0.0616 e. The van der Waals surface area contributed by atoms with Gasteiger partial charge in [-0.1, -0.05) is 126 Å². The molecule has 0 heterocycles. The monoisotopic (exact) mass is 530 g/mol. The van der Waals surface area contributed by atoms with Gasteiger partial charge in [-0.2, -0.15) is 0 Å². The third kappa shape index (κ3) is 4.29. The molecule has 0 aromatic heterocycles. The first kappa shape index (κ1) is 25.8. The number of hydrogen-bond acceptors (Lipinski definition) is 0. The zero-order valence-electron chi connectivity index (χ0n) is 25.1. The molecule has 6 aromatic carbocycles. The second-order valence-electron chi connectivity index (χ2n) is 13.8. The number of fused-ring (bicyclic) bond motifs is 5. The molecule has 0 nitrogen and oxygen atoms in total. The molecule has 41 heavy (non-hydrogen) atoms. The first-order valence-corrected chi connectivity index (χ1v) is 14.9. The maximum atomic E-state index is 2.52. The second kappa shape index (κ2) is 9.18. The lowest BCUT2D eigenvalue weighted by Gasteiger charge is -2.26. The minimum Gasteiger partial charge on any atom is -0.0616 e. The molecule has 0 amide bonds. The van der Waals surface area contributed by atoms with Gasteiger partial charge in [-0.05, 0) is 119 Å². The highest BCUT2D eigenvalue weighted by Gasteiger charge is 2.29. The normalized spacial score (nSPS) is 13.0. The smallest absolute Gasteiger partial charge is 0.00130 e. The molecule has 6 aromatic rings. The maximum Gasteiger partial charge on any atom is -0.00130 e. The van der Waals surface area contributed by atoms with Crippen LogP contribution in [0.2, 0.25) is 0 Å². The van der Waals surface area contributed by atoms with Crippen LogP contribution in [0.5, 0.6) is 0 Å². The molecule has 1 aliphatic carbocycles. The van der Waals surface area contributed by atoms with Crippen molar-refractivity contribution >= 4 is 21.5 Å². The van der Waals surface area contributed by atoms with Gasteiger partial charge in [-0.3, -0.25) is 0 Å². The lowest BCUT2D eigenvalue weighted by Crippen LogP contribution is -2.14. The van der Waals surface area contributed by atoms with Crippen molar-refractivity contribution in [2.75, 3.05) is 0 Å². The van der Waals surface area contributed by atoms with Gasteiger partial charge in [0.15, 0.2) is 0 Å². The van der Waals surface area contributed by atoms with E-state index < -0.39 is 0 Å². The minimum absolute atomic E-state index is 0.0137. The van der Waals surface area contributed by atoms with Crippen LogP contribution in [-0.2, 0) is 17.3 Å². The average molecular weight is 531 g/mol. The van der Waals surface area contributed by atoms with Crippen LogP contribution in [-0.4, -0.2) is 0 Å². The van der Waals surface area contributed by atoms with Gasteiger partial charge in [0, 0.05) is 0 Å². The van der Waals surface area contributed by atoms with Gasteiger partial charge >= 0.3 is 0 Å². The average Bonchev–Trinajstić information content (AvgIpc) is 3.31. The van der Waals surface area contributed by atoms with Crippen molar-refractivity contribution in [3.05, 3.63) is 131 Å². The fraction of sp³-hybridized carbons (Fsp3) is 0.220. The summed E-state index contributed by atoms with van der Waals surface area (Å²) in [5.41, 5.74) is 13.9. The molecule has 0 heteroatoms. The summed E-state index contributed by atoms with van der Waals surface area (Å²) < 4.78 is 0. The SMILES string of the molecule is CC(C)(C)c1cc2c(cc1-c1cccc3ccccc13)Cc1cc(-c3cccc4ccccc34)c(C(C)(C)C)cc1-2. The summed E-state index contributed by atoms with van der Waals surface area (Å²) in [6.45, 7) is 14.1. The third-order valence-electron chi connectivity index (χ3n) is 8.93. The van der Waals surface area contributed by atoms with Gasteiger partial charge in [0.25, 0.3) is 0 Å². The fourth-order valence-corrected chi connectivity index (χ4v) is 6.90. The number of rotatable bonds is 2. The zero-order valence-corrected chi connectivity index (χ0v) is 25.1. The number of hydrogen-bond donors (Lipinski definition) is 0. The van der Waals surface area contributed by atoms with Crippen LogP contribution in [0, 0.1) is 0 Å². The Hall–Kier alpha value is -4.16. The quantitative estimate of drug-likeness (QED) is 0.208. The van der Waals surface area contributed by atoms with E-state index in [1.54, 1.807) is 0 Å². The molecule has 0 spiro atoms. The number of benzene rings is 6. The first-order valence-electron chi connectivity index (χ1n) is 14.9. The Morgan fingerprint density at radius 2 is 0.780 bits per heavy atom. The Morgan fingerprint density at radius 1 is 0.390 bits per heavy atom. The van der Waals surface area contributed by atoms with Crippen molar-refractivity contribution in [2.45, 2.75) is 58.8 Å². The van der Waals surface area contributed by atoms with E-state index in [2.05, 4.69) is 151 Å². The van der Waals surface area contributed by atoms with Crippen LogP contribution >= 0.6 is 0 Å². The molecule has 202 valence electrons. The van der Waals surface area contributed by atoms with Crippen molar-refractivity contribution in [1.29, 1.82) is 0 Å². The Balaban J connectivity index is 1.47. The molecule has 1 aliphatic rings. The second-order valence-corrected chi connectivity index (χ2v) is 13.8. The Morgan fingerprint density at radius 3 is 1.20 bits per heavy atom. The van der Waals surface area contributed by atoms with E-state index in [0.29, 0.717) is 0 Å². The summed E-state index contributed by atoms with van der Waals surface area (Å²) in [5.74, 6) is 0. The molecule has 0 fully saturated rings. The minimum atomic E-state index is 0.0137. The summed E-state index contributed by atoms with van der Waals surface area (Å²) in [6, 6.07) is 41.1. The molecule has 0 N–H and O–H groups in total. The lowest BCUT2D eigenvalue weighted by molar-refractivity contribution is 0.591. The Bertz CT molecular complexity index is 1820. The van der Waals surface area contributed by atoms with Crippen molar-refractivity contribution in [3.8, 4) is 33.4 Å². The third-order valence-corrected chi connectivity index (χ3v) is 8.93. The van der Waals surface area contributed by atoms with Gasteiger partial charge in [0.2, 0.25) is 0 Å². The summed E-state index contributed by atoms with van der Waals surface area (Å²) in [4.78, 5) is 0. The van der Waals surface area contributed by atoms with Gasteiger partial charge < -0.3 is 0 Å². The summed E-state index contributed by atoms with van der Waals surface area (Å²) in [6.07, 6.45) is 0.967. The van der Waals surface area contributed by atoms with Crippen LogP contribution < -0.4 is 0 Å². The van der Waals surface area contributed by atoms with Crippen LogP contribution in [0.25, 0.3) is 54.9 Å². The molecular weight excluding hydrogens is 492 g/mol. The van der Waals surface area contributed by atoms with E-state index in [0.717, 1.165) is 6.42 Å². The molecule has 0 bridgehead atoms. The highest BCUT2D eigenvalue weighted by atomic mass is 14.3. The predicted molar refractivity (Wildman–Crippen MR) is 178 cm³/mol. The highest BCUT2D eigenvalue weighted by Crippen LogP contribution is 2.48. The maximum absolute atomic E-state index is 2.52. The molecule has 0 atom stereocenters. The van der Waals surface area contributed by atoms with E-state index in [1.807, 2.05) is 0 Å². The van der Waals surface area contributed by atoms with Crippen LogP contribution in [0.3, 0.4) is 0 Å². The van der Waals surface area contributed by atoms with Crippen LogP contribution in [0.4, 0.5) is 0 Å². The van der Waals surface area contributed by atoms with Crippen molar-refractivity contribution in [3.63, 3.8) is 0 Å². The van der Waals surface area contributed by atoms with E-state index in [4.69, 9.17) is 0 Å². The first-order chi connectivity index (χ1) is 19.6. The van der Waals surface area contributed by atoms with E-state index >= 15 is 0 Å². The molecule has 0 unspecified atom stereocenters.